The van der Waals surface area contributed by atoms with Gasteiger partial charge >= 0.3 is 0 Å². The quantitative estimate of drug-likeness (QED) is 0.490. The maximum atomic E-state index is 6.02. The number of hydrogen-bond donors (Lipinski definition) is 2. The standard InChI is InChI=1S/C25H27N5O3S/c1-17-6-5-11-30(15-17)22-13-23(33-19-7-3-2-4-8-19)28-24(27-22)29-25(34)26-14-18-9-10-20-21(12-18)32-16-31-20/h2-4,7-10,12-13,17H,5-6,11,14-16H2,1H3,(H2,26,27,28,29,34)/t17-/m0/s1. The maximum Gasteiger partial charge on any atom is 0.234 e. The van der Waals surface area contributed by atoms with Crippen molar-refractivity contribution in [1.82, 2.24) is 15.3 Å². The zero-order valence-corrected chi connectivity index (χ0v) is 19.8. The minimum absolute atomic E-state index is 0.253. The van der Waals surface area contributed by atoms with Gasteiger partial charge in [0, 0.05) is 25.7 Å². The number of fused-ring (bicyclic) bond motifs is 1. The van der Waals surface area contributed by atoms with Crippen molar-refractivity contribution in [3.63, 3.8) is 0 Å². The molecule has 3 heterocycles. The molecular weight excluding hydrogens is 450 g/mol. The topological polar surface area (TPSA) is 80.8 Å². The third-order valence-corrected chi connectivity index (χ3v) is 6.00. The molecule has 1 aromatic heterocycles. The first-order valence-electron chi connectivity index (χ1n) is 11.4. The highest BCUT2D eigenvalue weighted by atomic mass is 32.1. The number of benzene rings is 2. The Morgan fingerprint density at radius 1 is 1.12 bits per heavy atom. The maximum absolute atomic E-state index is 6.02. The molecule has 0 radical (unpaired) electrons. The van der Waals surface area contributed by atoms with Gasteiger partial charge in [0.05, 0.1) is 0 Å². The molecule has 9 heteroatoms. The van der Waals surface area contributed by atoms with Crippen LogP contribution >= 0.6 is 12.2 Å². The fourth-order valence-corrected chi connectivity index (χ4v) is 4.23. The van der Waals surface area contributed by atoms with Gasteiger partial charge in [-0.05, 0) is 60.8 Å². The van der Waals surface area contributed by atoms with Crippen LogP contribution in [0, 0.1) is 5.92 Å². The molecule has 34 heavy (non-hydrogen) atoms. The molecule has 1 saturated heterocycles. The van der Waals surface area contributed by atoms with Gasteiger partial charge in [-0.2, -0.15) is 9.97 Å². The first kappa shape index (κ1) is 22.2. The second-order valence-electron chi connectivity index (χ2n) is 8.49. The van der Waals surface area contributed by atoms with Gasteiger partial charge in [-0.1, -0.05) is 31.2 Å². The zero-order valence-electron chi connectivity index (χ0n) is 19.0. The molecule has 176 valence electrons. The van der Waals surface area contributed by atoms with Crippen LogP contribution in [0.1, 0.15) is 25.3 Å². The zero-order chi connectivity index (χ0) is 23.3. The lowest BCUT2D eigenvalue weighted by atomic mass is 10.0. The van der Waals surface area contributed by atoms with Crippen LogP contribution in [0.5, 0.6) is 23.1 Å². The summed E-state index contributed by atoms with van der Waals surface area (Å²) >= 11 is 5.51. The average molecular weight is 478 g/mol. The Balaban J connectivity index is 1.30. The van der Waals surface area contributed by atoms with Crippen molar-refractivity contribution in [3.8, 4) is 23.1 Å². The number of nitrogens with one attached hydrogen (secondary N) is 2. The first-order chi connectivity index (χ1) is 16.6. The highest BCUT2D eigenvalue weighted by molar-refractivity contribution is 7.80. The summed E-state index contributed by atoms with van der Waals surface area (Å²) in [5.41, 5.74) is 1.03. The molecule has 2 aliphatic heterocycles. The van der Waals surface area contributed by atoms with Gasteiger partial charge < -0.3 is 29.7 Å². The number of thiocarbonyl (C=S) groups is 1. The predicted octanol–water partition coefficient (Wildman–Crippen LogP) is 4.72. The molecule has 0 aliphatic carbocycles. The minimum atomic E-state index is 0.253. The van der Waals surface area contributed by atoms with E-state index in [4.69, 9.17) is 31.4 Å². The Labute approximate surface area is 204 Å². The van der Waals surface area contributed by atoms with Crippen LogP contribution in [-0.2, 0) is 6.54 Å². The molecule has 0 bridgehead atoms. The number of hydrogen-bond acceptors (Lipinski definition) is 7. The van der Waals surface area contributed by atoms with Crippen LogP contribution in [0.25, 0.3) is 0 Å². The van der Waals surface area contributed by atoms with E-state index in [1.165, 1.54) is 6.42 Å². The molecule has 0 saturated carbocycles. The van der Waals surface area contributed by atoms with E-state index in [2.05, 4.69) is 27.4 Å². The Morgan fingerprint density at radius 3 is 2.82 bits per heavy atom. The summed E-state index contributed by atoms with van der Waals surface area (Å²) in [6.45, 7) is 4.96. The Kier molecular flexibility index (Phi) is 6.62. The van der Waals surface area contributed by atoms with Gasteiger partial charge in [-0.15, -0.1) is 0 Å². The number of ether oxygens (including phenoxy) is 3. The normalized spacial score (nSPS) is 16.7. The van der Waals surface area contributed by atoms with Crippen LogP contribution in [0.15, 0.2) is 54.6 Å². The van der Waals surface area contributed by atoms with Gasteiger partial charge in [-0.3, -0.25) is 0 Å². The number of piperidine rings is 1. The van der Waals surface area contributed by atoms with E-state index in [0.29, 0.717) is 35.2 Å². The Morgan fingerprint density at radius 2 is 1.97 bits per heavy atom. The summed E-state index contributed by atoms with van der Waals surface area (Å²) in [6, 6.07) is 17.3. The lowest BCUT2D eigenvalue weighted by Gasteiger charge is -2.32. The van der Waals surface area contributed by atoms with E-state index in [0.717, 1.165) is 42.4 Å². The second kappa shape index (κ2) is 10.1. The van der Waals surface area contributed by atoms with Gasteiger partial charge in [0.2, 0.25) is 18.6 Å². The predicted molar refractivity (Wildman–Crippen MR) is 135 cm³/mol. The summed E-state index contributed by atoms with van der Waals surface area (Å²) in [5, 5.41) is 6.74. The van der Waals surface area contributed by atoms with Crippen molar-refractivity contribution >= 4 is 29.1 Å². The fraction of sp³-hybridized carbons (Fsp3) is 0.320. The number of anilines is 2. The molecular formula is C25H27N5O3S. The highest BCUT2D eigenvalue weighted by Gasteiger charge is 2.20. The van der Waals surface area contributed by atoms with Crippen molar-refractivity contribution in [1.29, 1.82) is 0 Å². The van der Waals surface area contributed by atoms with E-state index in [1.807, 2.05) is 54.6 Å². The molecule has 1 atom stereocenters. The van der Waals surface area contributed by atoms with E-state index in [1.54, 1.807) is 0 Å². The summed E-state index contributed by atoms with van der Waals surface area (Å²) in [4.78, 5) is 11.6. The van der Waals surface area contributed by atoms with Crippen molar-refractivity contribution < 1.29 is 14.2 Å². The van der Waals surface area contributed by atoms with Crippen LogP contribution < -0.4 is 29.7 Å². The van der Waals surface area contributed by atoms with Crippen LogP contribution in [-0.4, -0.2) is 35.0 Å². The molecule has 3 aromatic rings. The lowest BCUT2D eigenvalue weighted by Crippen LogP contribution is -2.35. The first-order valence-corrected chi connectivity index (χ1v) is 11.8. The van der Waals surface area contributed by atoms with Crippen LogP contribution in [0.4, 0.5) is 11.8 Å². The molecule has 2 aliphatic rings. The molecule has 0 unspecified atom stereocenters. The van der Waals surface area contributed by atoms with E-state index < -0.39 is 0 Å². The molecule has 1 fully saturated rings. The van der Waals surface area contributed by atoms with Crippen molar-refractivity contribution in [2.45, 2.75) is 26.3 Å². The van der Waals surface area contributed by atoms with Crippen molar-refractivity contribution in [3.05, 3.63) is 60.2 Å². The highest BCUT2D eigenvalue weighted by Crippen LogP contribution is 2.32. The monoisotopic (exact) mass is 477 g/mol. The summed E-state index contributed by atoms with van der Waals surface area (Å²) in [5.74, 6) is 4.52. The van der Waals surface area contributed by atoms with Crippen molar-refractivity contribution in [2.75, 3.05) is 30.1 Å². The smallest absolute Gasteiger partial charge is 0.234 e. The molecule has 2 aromatic carbocycles. The largest absolute Gasteiger partial charge is 0.454 e. The fourth-order valence-electron chi connectivity index (χ4n) is 4.07. The molecule has 5 rings (SSSR count). The number of para-hydroxylation sites is 1. The number of nitrogens with zero attached hydrogens (tertiary/aromatic N) is 3. The third kappa shape index (κ3) is 5.48. The summed E-state index contributed by atoms with van der Waals surface area (Å²) in [7, 11) is 0. The van der Waals surface area contributed by atoms with Crippen LogP contribution in [0.2, 0.25) is 0 Å². The van der Waals surface area contributed by atoms with E-state index in [-0.39, 0.29) is 6.79 Å². The average Bonchev–Trinajstić information content (AvgIpc) is 3.31. The van der Waals surface area contributed by atoms with Gasteiger partial charge in [0.25, 0.3) is 0 Å². The third-order valence-electron chi connectivity index (χ3n) is 5.75. The lowest BCUT2D eigenvalue weighted by molar-refractivity contribution is 0.174. The summed E-state index contributed by atoms with van der Waals surface area (Å²) < 4.78 is 16.8. The minimum Gasteiger partial charge on any atom is -0.454 e. The van der Waals surface area contributed by atoms with E-state index in [9.17, 15) is 0 Å². The van der Waals surface area contributed by atoms with Gasteiger partial charge in [0.1, 0.15) is 11.6 Å². The van der Waals surface area contributed by atoms with Gasteiger partial charge in [-0.25, -0.2) is 0 Å². The number of rotatable bonds is 6. The van der Waals surface area contributed by atoms with Crippen molar-refractivity contribution in [2.24, 2.45) is 5.92 Å². The van der Waals surface area contributed by atoms with Crippen LogP contribution in [0.3, 0.4) is 0 Å². The molecule has 8 nitrogen and oxygen atoms in total. The second-order valence-corrected chi connectivity index (χ2v) is 8.90. The summed E-state index contributed by atoms with van der Waals surface area (Å²) in [6.07, 6.45) is 2.37. The molecule has 0 amide bonds. The SMILES string of the molecule is C[C@H]1CCCN(c2cc(Oc3ccccc3)nc(NC(=S)NCc3ccc4c(c3)OCO4)n2)C1. The van der Waals surface area contributed by atoms with Gasteiger partial charge in [0.15, 0.2) is 16.6 Å². The Bertz CT molecular complexity index is 1160. The molecule has 2 N–H and O–H groups in total. The Hall–Kier alpha value is -3.59. The molecule has 0 spiro atoms. The number of aromatic nitrogens is 2. The van der Waals surface area contributed by atoms with E-state index >= 15 is 0 Å².